The highest BCUT2D eigenvalue weighted by molar-refractivity contribution is 5.75. The first-order valence-corrected chi connectivity index (χ1v) is 6.29. The highest BCUT2D eigenvalue weighted by Gasteiger charge is 2.39. The molecule has 2 aliphatic rings. The van der Waals surface area contributed by atoms with Crippen LogP contribution in [0, 0.1) is 0 Å². The van der Waals surface area contributed by atoms with E-state index in [-0.39, 0.29) is 5.91 Å². The van der Waals surface area contributed by atoms with E-state index in [1.54, 1.807) is 4.90 Å². The molecule has 16 heavy (non-hydrogen) atoms. The predicted octanol–water partition coefficient (Wildman–Crippen LogP) is 0.419. The molecule has 0 aromatic heterocycles. The number of amides is 1. The molecule has 2 N–H and O–H groups in total. The van der Waals surface area contributed by atoms with Gasteiger partial charge in [-0.25, -0.2) is 0 Å². The van der Waals surface area contributed by atoms with Gasteiger partial charge in [0.15, 0.2) is 0 Å². The SMILES string of the molecule is CN(C)C(=O)CCN1C2CCC1CC(N)C2. The summed E-state index contributed by atoms with van der Waals surface area (Å²) in [5.74, 6) is 0.231. The second kappa shape index (κ2) is 4.72. The Bertz CT molecular complexity index is 253. The van der Waals surface area contributed by atoms with Crippen LogP contribution in [0.1, 0.15) is 32.1 Å². The molecule has 4 nitrogen and oxygen atoms in total. The first kappa shape index (κ1) is 11.9. The van der Waals surface area contributed by atoms with Crippen molar-refractivity contribution in [3.05, 3.63) is 0 Å². The maximum absolute atomic E-state index is 11.6. The molecule has 2 fully saturated rings. The molecule has 0 saturated carbocycles. The fourth-order valence-corrected chi connectivity index (χ4v) is 3.13. The lowest BCUT2D eigenvalue weighted by atomic mass is 9.98. The molecule has 1 amide bonds. The van der Waals surface area contributed by atoms with Gasteiger partial charge in [0.2, 0.25) is 5.91 Å². The molecule has 92 valence electrons. The van der Waals surface area contributed by atoms with E-state index in [1.165, 1.54) is 12.8 Å². The lowest BCUT2D eigenvalue weighted by Crippen LogP contribution is -2.48. The summed E-state index contributed by atoms with van der Waals surface area (Å²) in [5, 5.41) is 0. The molecule has 4 heteroatoms. The molecular weight excluding hydrogens is 202 g/mol. The van der Waals surface area contributed by atoms with Crippen LogP contribution in [-0.4, -0.2) is 54.5 Å². The van der Waals surface area contributed by atoms with Gasteiger partial charge in [-0.2, -0.15) is 0 Å². The van der Waals surface area contributed by atoms with Crippen LogP contribution in [0.25, 0.3) is 0 Å². The van der Waals surface area contributed by atoms with Gasteiger partial charge in [0.05, 0.1) is 0 Å². The monoisotopic (exact) mass is 225 g/mol. The lowest BCUT2D eigenvalue weighted by Gasteiger charge is -2.37. The third-order valence-electron chi connectivity index (χ3n) is 4.00. The van der Waals surface area contributed by atoms with Crippen LogP contribution in [-0.2, 0) is 4.79 Å². The Labute approximate surface area is 97.8 Å². The maximum Gasteiger partial charge on any atom is 0.223 e. The summed E-state index contributed by atoms with van der Waals surface area (Å²) in [6.45, 7) is 0.916. The van der Waals surface area contributed by atoms with Gasteiger partial charge in [0.25, 0.3) is 0 Å². The number of piperidine rings is 1. The summed E-state index contributed by atoms with van der Waals surface area (Å²) < 4.78 is 0. The zero-order valence-corrected chi connectivity index (χ0v) is 10.4. The summed E-state index contributed by atoms with van der Waals surface area (Å²) in [5.41, 5.74) is 6.02. The zero-order chi connectivity index (χ0) is 11.7. The summed E-state index contributed by atoms with van der Waals surface area (Å²) >= 11 is 0. The normalized spacial score (nSPS) is 34.1. The van der Waals surface area contributed by atoms with Crippen molar-refractivity contribution in [3.8, 4) is 0 Å². The number of hydrogen-bond acceptors (Lipinski definition) is 3. The van der Waals surface area contributed by atoms with Crippen molar-refractivity contribution in [2.75, 3.05) is 20.6 Å². The molecule has 2 bridgehead atoms. The van der Waals surface area contributed by atoms with Gasteiger partial charge >= 0.3 is 0 Å². The van der Waals surface area contributed by atoms with Gasteiger partial charge in [-0.1, -0.05) is 0 Å². The van der Waals surface area contributed by atoms with E-state index >= 15 is 0 Å². The second-order valence-corrected chi connectivity index (χ2v) is 5.39. The molecule has 2 aliphatic heterocycles. The van der Waals surface area contributed by atoms with Gasteiger partial charge < -0.3 is 10.6 Å². The van der Waals surface area contributed by atoms with Crippen LogP contribution in [0.2, 0.25) is 0 Å². The van der Waals surface area contributed by atoms with Gasteiger partial charge in [-0.15, -0.1) is 0 Å². The van der Waals surface area contributed by atoms with E-state index in [4.69, 9.17) is 5.73 Å². The molecule has 0 radical (unpaired) electrons. The van der Waals surface area contributed by atoms with E-state index in [1.807, 2.05) is 14.1 Å². The molecule has 0 spiro atoms. The first-order chi connectivity index (χ1) is 7.58. The third-order valence-corrected chi connectivity index (χ3v) is 4.00. The second-order valence-electron chi connectivity index (χ2n) is 5.39. The number of fused-ring (bicyclic) bond motifs is 2. The van der Waals surface area contributed by atoms with Crippen molar-refractivity contribution in [2.45, 2.75) is 50.2 Å². The van der Waals surface area contributed by atoms with Gasteiger partial charge in [0, 0.05) is 45.2 Å². The molecule has 2 atom stereocenters. The van der Waals surface area contributed by atoms with Crippen LogP contribution >= 0.6 is 0 Å². The minimum Gasteiger partial charge on any atom is -0.349 e. The Balaban J connectivity index is 1.85. The van der Waals surface area contributed by atoms with Crippen LogP contribution in [0.5, 0.6) is 0 Å². The molecular formula is C12H23N3O. The molecule has 0 aromatic carbocycles. The minimum atomic E-state index is 0.231. The number of carbonyl (C=O) groups excluding carboxylic acids is 1. The molecule has 2 unspecified atom stereocenters. The van der Waals surface area contributed by atoms with E-state index in [9.17, 15) is 4.79 Å². The average Bonchev–Trinajstić information content (AvgIpc) is 2.45. The van der Waals surface area contributed by atoms with E-state index in [2.05, 4.69) is 4.90 Å². The molecule has 2 rings (SSSR count). The van der Waals surface area contributed by atoms with Gasteiger partial charge in [-0.05, 0) is 25.7 Å². The van der Waals surface area contributed by atoms with E-state index < -0.39 is 0 Å². The Kier molecular flexibility index (Phi) is 3.50. The van der Waals surface area contributed by atoms with Crippen LogP contribution in [0.3, 0.4) is 0 Å². The summed E-state index contributed by atoms with van der Waals surface area (Å²) in [6, 6.07) is 1.67. The Morgan fingerprint density at radius 1 is 1.31 bits per heavy atom. The number of hydrogen-bond donors (Lipinski definition) is 1. The summed E-state index contributed by atoms with van der Waals surface area (Å²) in [7, 11) is 3.64. The predicted molar refractivity (Wildman–Crippen MR) is 64.0 cm³/mol. The number of carbonyl (C=O) groups is 1. The van der Waals surface area contributed by atoms with Crippen molar-refractivity contribution in [3.63, 3.8) is 0 Å². The largest absolute Gasteiger partial charge is 0.349 e. The Morgan fingerprint density at radius 3 is 2.38 bits per heavy atom. The highest BCUT2D eigenvalue weighted by Crippen LogP contribution is 2.34. The lowest BCUT2D eigenvalue weighted by molar-refractivity contribution is -0.129. The summed E-state index contributed by atoms with van der Waals surface area (Å²) in [4.78, 5) is 15.8. The standard InChI is InChI=1S/C12H23N3O/c1-14(2)12(16)5-6-15-10-3-4-11(15)8-9(13)7-10/h9-11H,3-8,13H2,1-2H3. The number of nitrogens with zero attached hydrogens (tertiary/aromatic N) is 2. The minimum absolute atomic E-state index is 0.231. The maximum atomic E-state index is 11.6. The number of nitrogens with two attached hydrogens (primary N) is 1. The fourth-order valence-electron chi connectivity index (χ4n) is 3.13. The smallest absolute Gasteiger partial charge is 0.223 e. The summed E-state index contributed by atoms with van der Waals surface area (Å²) in [6.07, 6.45) is 5.43. The van der Waals surface area contributed by atoms with Gasteiger partial charge in [-0.3, -0.25) is 9.69 Å². The van der Waals surface area contributed by atoms with E-state index in [0.29, 0.717) is 24.5 Å². The zero-order valence-electron chi connectivity index (χ0n) is 10.4. The Hall–Kier alpha value is -0.610. The van der Waals surface area contributed by atoms with Crippen molar-refractivity contribution < 1.29 is 4.79 Å². The molecule has 0 aliphatic carbocycles. The average molecular weight is 225 g/mol. The van der Waals surface area contributed by atoms with Crippen molar-refractivity contribution in [1.29, 1.82) is 0 Å². The quantitative estimate of drug-likeness (QED) is 0.757. The Morgan fingerprint density at radius 2 is 1.88 bits per heavy atom. The van der Waals surface area contributed by atoms with Crippen LogP contribution in [0.15, 0.2) is 0 Å². The van der Waals surface area contributed by atoms with Crippen molar-refractivity contribution >= 4 is 5.91 Å². The van der Waals surface area contributed by atoms with Crippen LogP contribution < -0.4 is 5.73 Å². The number of rotatable bonds is 3. The first-order valence-electron chi connectivity index (χ1n) is 6.29. The fraction of sp³-hybridized carbons (Fsp3) is 0.917. The van der Waals surface area contributed by atoms with Crippen LogP contribution in [0.4, 0.5) is 0 Å². The van der Waals surface area contributed by atoms with Crippen molar-refractivity contribution in [1.82, 2.24) is 9.80 Å². The van der Waals surface area contributed by atoms with Crippen molar-refractivity contribution in [2.24, 2.45) is 5.73 Å². The molecule has 2 heterocycles. The topological polar surface area (TPSA) is 49.6 Å². The highest BCUT2D eigenvalue weighted by atomic mass is 16.2. The third kappa shape index (κ3) is 2.38. The molecule has 2 saturated heterocycles. The van der Waals surface area contributed by atoms with Gasteiger partial charge in [0.1, 0.15) is 0 Å². The molecule has 0 aromatic rings. The van der Waals surface area contributed by atoms with E-state index in [0.717, 1.165) is 19.4 Å².